The lowest BCUT2D eigenvalue weighted by molar-refractivity contribution is 0.130. The Hall–Kier alpha value is -1.54. The summed E-state index contributed by atoms with van der Waals surface area (Å²) in [5.74, 6) is 0.801. The first-order chi connectivity index (χ1) is 7.29. The van der Waals surface area contributed by atoms with E-state index in [1.807, 2.05) is 43.3 Å². The molecule has 0 aliphatic carbocycles. The van der Waals surface area contributed by atoms with Crippen LogP contribution in [0.15, 0.2) is 42.5 Å². The number of aliphatic hydroxyl groups is 1. The maximum Gasteiger partial charge on any atom is 0.120 e. The molecule has 0 amide bonds. The first-order valence-electron chi connectivity index (χ1n) is 5.06. The molecule has 2 heteroatoms. The van der Waals surface area contributed by atoms with Gasteiger partial charge in [0.15, 0.2) is 0 Å². The summed E-state index contributed by atoms with van der Waals surface area (Å²) in [6.45, 7) is 1.88. The Bertz CT molecular complexity index is 451. The minimum atomic E-state index is -0.161. The zero-order valence-corrected chi connectivity index (χ0v) is 8.68. The predicted octanol–water partition coefficient (Wildman–Crippen LogP) is 2.60. The predicted molar refractivity (Wildman–Crippen MR) is 61.1 cm³/mol. The van der Waals surface area contributed by atoms with E-state index in [1.165, 1.54) is 5.39 Å². The zero-order chi connectivity index (χ0) is 10.7. The fourth-order valence-electron chi connectivity index (χ4n) is 1.51. The maximum atomic E-state index is 8.88. The van der Waals surface area contributed by atoms with E-state index in [0.717, 1.165) is 11.1 Å². The minimum absolute atomic E-state index is 0.0346. The first kappa shape index (κ1) is 9.99. The molecule has 0 heterocycles. The Labute approximate surface area is 89.1 Å². The van der Waals surface area contributed by atoms with E-state index < -0.39 is 0 Å². The smallest absolute Gasteiger partial charge is 0.120 e. The van der Waals surface area contributed by atoms with Crippen molar-refractivity contribution < 1.29 is 9.84 Å². The monoisotopic (exact) mass is 202 g/mol. The van der Waals surface area contributed by atoms with Crippen LogP contribution in [-0.2, 0) is 0 Å². The third-order valence-corrected chi connectivity index (χ3v) is 2.32. The van der Waals surface area contributed by atoms with Crippen LogP contribution in [0.4, 0.5) is 0 Å². The summed E-state index contributed by atoms with van der Waals surface area (Å²) in [4.78, 5) is 0. The molecule has 2 aromatic rings. The summed E-state index contributed by atoms with van der Waals surface area (Å²) < 4.78 is 5.52. The highest BCUT2D eigenvalue weighted by Crippen LogP contribution is 2.21. The molecule has 2 nitrogen and oxygen atoms in total. The first-order valence-corrected chi connectivity index (χ1v) is 5.06. The molecule has 0 aliphatic rings. The lowest BCUT2D eigenvalue weighted by Crippen LogP contribution is -2.15. The van der Waals surface area contributed by atoms with Gasteiger partial charge in [-0.1, -0.05) is 30.3 Å². The van der Waals surface area contributed by atoms with Gasteiger partial charge in [-0.3, -0.25) is 0 Å². The molecule has 0 saturated heterocycles. The van der Waals surface area contributed by atoms with Crippen molar-refractivity contribution >= 4 is 10.8 Å². The van der Waals surface area contributed by atoms with Crippen LogP contribution >= 0.6 is 0 Å². The van der Waals surface area contributed by atoms with Crippen molar-refractivity contribution in [2.75, 3.05) is 6.61 Å². The van der Waals surface area contributed by atoms with E-state index in [2.05, 4.69) is 6.07 Å². The number of hydrogen-bond donors (Lipinski definition) is 1. The molecule has 1 atom stereocenters. The van der Waals surface area contributed by atoms with Crippen molar-refractivity contribution in [3.8, 4) is 5.75 Å². The van der Waals surface area contributed by atoms with Crippen molar-refractivity contribution in [3.63, 3.8) is 0 Å². The molecule has 0 fully saturated rings. The summed E-state index contributed by atoms with van der Waals surface area (Å²) in [5.41, 5.74) is 0. The van der Waals surface area contributed by atoms with Crippen LogP contribution in [0, 0.1) is 0 Å². The van der Waals surface area contributed by atoms with Crippen LogP contribution < -0.4 is 4.74 Å². The molecule has 1 N–H and O–H groups in total. The lowest BCUT2D eigenvalue weighted by atomic mass is 10.1. The molecular formula is C13H14O2. The third-order valence-electron chi connectivity index (χ3n) is 2.32. The molecule has 0 saturated carbocycles. The molecule has 0 aromatic heterocycles. The van der Waals surface area contributed by atoms with Gasteiger partial charge < -0.3 is 9.84 Å². The van der Waals surface area contributed by atoms with E-state index in [9.17, 15) is 0 Å². The molecule has 0 aliphatic heterocycles. The Morgan fingerprint density at radius 2 is 1.87 bits per heavy atom. The van der Waals surface area contributed by atoms with Crippen molar-refractivity contribution in [2.24, 2.45) is 0 Å². The number of rotatable bonds is 3. The summed E-state index contributed by atoms with van der Waals surface area (Å²) in [5, 5.41) is 11.2. The Morgan fingerprint density at radius 3 is 2.60 bits per heavy atom. The standard InChI is InChI=1S/C13H14O2/c1-10(9-14)15-13-7-6-11-4-2-3-5-12(11)8-13/h2-8,10,14H,9H2,1H3/t10-/m1/s1. The quantitative estimate of drug-likeness (QED) is 0.829. The fourth-order valence-corrected chi connectivity index (χ4v) is 1.51. The van der Waals surface area contributed by atoms with E-state index in [0.29, 0.717) is 0 Å². The fraction of sp³-hybridized carbons (Fsp3) is 0.231. The average Bonchev–Trinajstić information content (AvgIpc) is 2.29. The van der Waals surface area contributed by atoms with Crippen LogP contribution in [-0.4, -0.2) is 17.8 Å². The van der Waals surface area contributed by atoms with Gasteiger partial charge in [0.05, 0.1) is 6.61 Å². The van der Waals surface area contributed by atoms with Gasteiger partial charge in [0.25, 0.3) is 0 Å². The second kappa shape index (κ2) is 4.32. The normalized spacial score (nSPS) is 12.7. The number of ether oxygens (including phenoxy) is 1. The second-order valence-corrected chi connectivity index (χ2v) is 3.62. The number of fused-ring (bicyclic) bond motifs is 1. The van der Waals surface area contributed by atoms with Gasteiger partial charge in [-0.25, -0.2) is 0 Å². The maximum absolute atomic E-state index is 8.88. The summed E-state index contributed by atoms with van der Waals surface area (Å²) in [6, 6.07) is 14.1. The van der Waals surface area contributed by atoms with E-state index >= 15 is 0 Å². The summed E-state index contributed by atoms with van der Waals surface area (Å²) in [6.07, 6.45) is -0.161. The van der Waals surface area contributed by atoms with Crippen LogP contribution in [0.1, 0.15) is 6.92 Å². The summed E-state index contributed by atoms with van der Waals surface area (Å²) >= 11 is 0. The second-order valence-electron chi connectivity index (χ2n) is 3.62. The molecule has 78 valence electrons. The molecule has 0 radical (unpaired) electrons. The van der Waals surface area contributed by atoms with Crippen LogP contribution in [0.25, 0.3) is 10.8 Å². The topological polar surface area (TPSA) is 29.5 Å². The minimum Gasteiger partial charge on any atom is -0.488 e. The highest BCUT2D eigenvalue weighted by atomic mass is 16.5. The number of hydrogen-bond acceptors (Lipinski definition) is 2. The van der Waals surface area contributed by atoms with Crippen LogP contribution in [0.5, 0.6) is 5.75 Å². The molecule has 2 aromatic carbocycles. The molecule has 0 unspecified atom stereocenters. The van der Waals surface area contributed by atoms with Gasteiger partial charge in [-0.15, -0.1) is 0 Å². The van der Waals surface area contributed by atoms with Crippen molar-refractivity contribution in [1.29, 1.82) is 0 Å². The third kappa shape index (κ3) is 2.28. The van der Waals surface area contributed by atoms with E-state index in [1.54, 1.807) is 0 Å². The number of aliphatic hydroxyl groups excluding tert-OH is 1. The Morgan fingerprint density at radius 1 is 1.13 bits per heavy atom. The Balaban J connectivity index is 2.30. The Kier molecular flexibility index (Phi) is 2.88. The summed E-state index contributed by atoms with van der Waals surface area (Å²) in [7, 11) is 0. The van der Waals surface area contributed by atoms with Gasteiger partial charge in [0, 0.05) is 0 Å². The van der Waals surface area contributed by atoms with Crippen LogP contribution in [0.3, 0.4) is 0 Å². The molecule has 2 rings (SSSR count). The molecule has 0 spiro atoms. The van der Waals surface area contributed by atoms with E-state index in [-0.39, 0.29) is 12.7 Å². The van der Waals surface area contributed by atoms with Gasteiger partial charge in [0.1, 0.15) is 11.9 Å². The highest BCUT2D eigenvalue weighted by molar-refractivity contribution is 5.83. The van der Waals surface area contributed by atoms with Gasteiger partial charge >= 0.3 is 0 Å². The molecular weight excluding hydrogens is 188 g/mol. The molecule has 0 bridgehead atoms. The SMILES string of the molecule is C[C@H](CO)Oc1ccc2ccccc2c1. The van der Waals surface area contributed by atoms with Crippen molar-refractivity contribution in [2.45, 2.75) is 13.0 Å². The highest BCUT2D eigenvalue weighted by Gasteiger charge is 2.02. The van der Waals surface area contributed by atoms with Crippen molar-refractivity contribution in [3.05, 3.63) is 42.5 Å². The van der Waals surface area contributed by atoms with Crippen LogP contribution in [0.2, 0.25) is 0 Å². The van der Waals surface area contributed by atoms with Crippen molar-refractivity contribution in [1.82, 2.24) is 0 Å². The zero-order valence-electron chi connectivity index (χ0n) is 8.68. The van der Waals surface area contributed by atoms with Gasteiger partial charge in [-0.2, -0.15) is 0 Å². The van der Waals surface area contributed by atoms with Gasteiger partial charge in [-0.05, 0) is 29.8 Å². The average molecular weight is 202 g/mol. The molecule has 15 heavy (non-hydrogen) atoms. The van der Waals surface area contributed by atoms with Gasteiger partial charge in [0.2, 0.25) is 0 Å². The van der Waals surface area contributed by atoms with E-state index in [4.69, 9.17) is 9.84 Å². The lowest BCUT2D eigenvalue weighted by Gasteiger charge is -2.12. The number of benzene rings is 2. The largest absolute Gasteiger partial charge is 0.488 e.